The molecule has 0 spiro atoms. The van der Waals surface area contributed by atoms with E-state index >= 15 is 0 Å². The summed E-state index contributed by atoms with van der Waals surface area (Å²) in [5.41, 5.74) is 0.744. The molecule has 0 aliphatic carbocycles. The average molecular weight is 225 g/mol. The maximum absolute atomic E-state index is 13.4. The smallest absolute Gasteiger partial charge is 0.126 e. The van der Waals surface area contributed by atoms with Crippen LogP contribution >= 0.6 is 0 Å². The van der Waals surface area contributed by atoms with E-state index in [0.29, 0.717) is 19.6 Å². The first-order valence-electron chi connectivity index (χ1n) is 5.82. The Bertz CT molecular complexity index is 304. The molecular weight excluding hydrogens is 205 g/mol. The minimum absolute atomic E-state index is 0.137. The molecule has 0 aromatic heterocycles. The number of halogens is 1. The summed E-state index contributed by atoms with van der Waals surface area (Å²) in [6.07, 6.45) is 0.667. The third-order valence-corrected chi connectivity index (χ3v) is 2.44. The first-order chi connectivity index (χ1) is 7.77. The molecule has 3 heteroatoms. The Morgan fingerprint density at radius 3 is 2.69 bits per heavy atom. The van der Waals surface area contributed by atoms with Crippen LogP contribution in [0.1, 0.15) is 19.4 Å². The molecule has 1 atom stereocenters. The molecule has 2 nitrogen and oxygen atoms in total. The van der Waals surface area contributed by atoms with Gasteiger partial charge in [0.15, 0.2) is 0 Å². The van der Waals surface area contributed by atoms with Gasteiger partial charge < -0.3 is 10.1 Å². The summed E-state index contributed by atoms with van der Waals surface area (Å²) in [7, 11) is 0. The molecule has 0 heterocycles. The second-order valence-electron chi connectivity index (χ2n) is 3.71. The van der Waals surface area contributed by atoms with Crippen molar-refractivity contribution < 1.29 is 9.13 Å². The van der Waals surface area contributed by atoms with E-state index in [1.54, 1.807) is 6.07 Å². The van der Waals surface area contributed by atoms with Gasteiger partial charge in [-0.25, -0.2) is 4.39 Å². The van der Waals surface area contributed by atoms with Gasteiger partial charge in [0.2, 0.25) is 0 Å². The van der Waals surface area contributed by atoms with E-state index in [-0.39, 0.29) is 11.9 Å². The van der Waals surface area contributed by atoms with Crippen molar-refractivity contribution in [3.8, 4) is 0 Å². The Kier molecular flexibility index (Phi) is 6.04. The molecule has 0 bridgehead atoms. The van der Waals surface area contributed by atoms with Crippen LogP contribution in [-0.4, -0.2) is 25.8 Å². The van der Waals surface area contributed by atoms with Crippen LogP contribution in [0.2, 0.25) is 0 Å². The summed E-state index contributed by atoms with van der Waals surface area (Å²) in [5, 5.41) is 3.30. The fourth-order valence-corrected chi connectivity index (χ4v) is 1.67. The summed E-state index contributed by atoms with van der Waals surface area (Å²) in [4.78, 5) is 0. The van der Waals surface area contributed by atoms with Gasteiger partial charge in [-0.15, -0.1) is 0 Å². The van der Waals surface area contributed by atoms with Crippen LogP contribution in [0.25, 0.3) is 0 Å². The van der Waals surface area contributed by atoms with Crippen molar-refractivity contribution in [1.29, 1.82) is 0 Å². The molecule has 1 unspecified atom stereocenters. The van der Waals surface area contributed by atoms with Crippen molar-refractivity contribution in [3.63, 3.8) is 0 Å². The number of hydrogen-bond donors (Lipinski definition) is 1. The van der Waals surface area contributed by atoms with Gasteiger partial charge in [0.1, 0.15) is 5.82 Å². The monoisotopic (exact) mass is 225 g/mol. The fourth-order valence-electron chi connectivity index (χ4n) is 1.67. The Labute approximate surface area is 96.8 Å². The second-order valence-corrected chi connectivity index (χ2v) is 3.71. The van der Waals surface area contributed by atoms with E-state index in [9.17, 15) is 4.39 Å². The van der Waals surface area contributed by atoms with Crippen LogP contribution in [0.5, 0.6) is 0 Å². The molecular formula is C13H20FNO. The highest BCUT2D eigenvalue weighted by molar-refractivity contribution is 5.18. The first-order valence-corrected chi connectivity index (χ1v) is 5.82. The molecule has 90 valence electrons. The van der Waals surface area contributed by atoms with Gasteiger partial charge in [0.05, 0.1) is 6.61 Å². The maximum Gasteiger partial charge on any atom is 0.126 e. The van der Waals surface area contributed by atoms with Crippen molar-refractivity contribution in [2.75, 3.05) is 19.8 Å². The minimum atomic E-state index is -0.137. The number of benzene rings is 1. The average Bonchev–Trinajstić information content (AvgIpc) is 2.29. The molecule has 1 aromatic carbocycles. The molecule has 16 heavy (non-hydrogen) atoms. The minimum Gasteiger partial charge on any atom is -0.380 e. The molecule has 0 amide bonds. The summed E-state index contributed by atoms with van der Waals surface area (Å²) < 4.78 is 18.8. The van der Waals surface area contributed by atoms with Gasteiger partial charge in [-0.2, -0.15) is 0 Å². The Morgan fingerprint density at radius 1 is 1.31 bits per heavy atom. The van der Waals surface area contributed by atoms with Crippen LogP contribution in [0.4, 0.5) is 4.39 Å². The van der Waals surface area contributed by atoms with E-state index in [1.165, 1.54) is 6.07 Å². The highest BCUT2D eigenvalue weighted by Gasteiger charge is 2.10. The number of likely N-dealkylation sites (N-methyl/N-ethyl adjacent to an activating group) is 1. The van der Waals surface area contributed by atoms with Gasteiger partial charge in [-0.1, -0.05) is 25.1 Å². The number of rotatable bonds is 7. The van der Waals surface area contributed by atoms with E-state index in [4.69, 9.17) is 4.74 Å². The predicted molar refractivity (Wildman–Crippen MR) is 64.1 cm³/mol. The molecule has 0 saturated carbocycles. The summed E-state index contributed by atoms with van der Waals surface area (Å²) in [5.74, 6) is -0.137. The Morgan fingerprint density at radius 2 is 2.06 bits per heavy atom. The van der Waals surface area contributed by atoms with Gasteiger partial charge >= 0.3 is 0 Å². The zero-order valence-corrected chi connectivity index (χ0v) is 10.0. The van der Waals surface area contributed by atoms with Gasteiger partial charge in [0, 0.05) is 12.6 Å². The number of nitrogens with one attached hydrogen (secondary N) is 1. The summed E-state index contributed by atoms with van der Waals surface area (Å²) >= 11 is 0. The third kappa shape index (κ3) is 4.29. The molecule has 1 rings (SSSR count). The second kappa shape index (κ2) is 7.36. The molecule has 0 aliphatic heterocycles. The van der Waals surface area contributed by atoms with Gasteiger partial charge in [-0.3, -0.25) is 0 Å². The SMILES string of the molecule is CCNC(COCC)Cc1ccccc1F. The standard InChI is InChI=1S/C13H20FNO/c1-3-15-12(10-16-4-2)9-11-7-5-6-8-13(11)14/h5-8,12,15H,3-4,9-10H2,1-2H3. The number of ether oxygens (including phenoxy) is 1. The zero-order valence-electron chi connectivity index (χ0n) is 10.0. The van der Waals surface area contributed by atoms with Crippen molar-refractivity contribution in [3.05, 3.63) is 35.6 Å². The van der Waals surface area contributed by atoms with E-state index in [1.807, 2.05) is 26.0 Å². The molecule has 0 fully saturated rings. The third-order valence-electron chi connectivity index (χ3n) is 2.44. The van der Waals surface area contributed by atoms with Gasteiger partial charge in [-0.05, 0) is 31.5 Å². The van der Waals surface area contributed by atoms with Crippen molar-refractivity contribution in [2.24, 2.45) is 0 Å². The Balaban J connectivity index is 2.56. The van der Waals surface area contributed by atoms with E-state index in [2.05, 4.69) is 5.32 Å². The molecule has 0 saturated heterocycles. The van der Waals surface area contributed by atoms with Crippen LogP contribution in [0, 0.1) is 5.82 Å². The highest BCUT2D eigenvalue weighted by Crippen LogP contribution is 2.09. The van der Waals surface area contributed by atoms with Crippen LogP contribution < -0.4 is 5.32 Å². The highest BCUT2D eigenvalue weighted by atomic mass is 19.1. The number of hydrogen-bond acceptors (Lipinski definition) is 2. The van der Waals surface area contributed by atoms with Crippen molar-refractivity contribution >= 4 is 0 Å². The molecule has 0 aliphatic rings. The fraction of sp³-hybridized carbons (Fsp3) is 0.538. The lowest BCUT2D eigenvalue weighted by Gasteiger charge is -2.17. The first kappa shape index (κ1) is 13.1. The quantitative estimate of drug-likeness (QED) is 0.769. The van der Waals surface area contributed by atoms with Gasteiger partial charge in [0.25, 0.3) is 0 Å². The van der Waals surface area contributed by atoms with E-state index < -0.39 is 0 Å². The van der Waals surface area contributed by atoms with Crippen LogP contribution in [-0.2, 0) is 11.2 Å². The lowest BCUT2D eigenvalue weighted by atomic mass is 10.1. The largest absolute Gasteiger partial charge is 0.380 e. The Hall–Kier alpha value is -0.930. The lowest BCUT2D eigenvalue weighted by Crippen LogP contribution is -2.35. The lowest BCUT2D eigenvalue weighted by molar-refractivity contribution is 0.123. The summed E-state index contributed by atoms with van der Waals surface area (Å²) in [6.45, 7) is 6.19. The van der Waals surface area contributed by atoms with E-state index in [0.717, 1.165) is 12.1 Å². The van der Waals surface area contributed by atoms with Crippen molar-refractivity contribution in [1.82, 2.24) is 5.32 Å². The maximum atomic E-state index is 13.4. The van der Waals surface area contributed by atoms with Crippen LogP contribution in [0.15, 0.2) is 24.3 Å². The molecule has 1 aromatic rings. The molecule has 0 radical (unpaired) electrons. The normalized spacial score (nSPS) is 12.7. The van der Waals surface area contributed by atoms with Crippen molar-refractivity contribution in [2.45, 2.75) is 26.3 Å². The molecule has 1 N–H and O–H groups in total. The zero-order chi connectivity index (χ0) is 11.8. The van der Waals surface area contributed by atoms with Crippen LogP contribution in [0.3, 0.4) is 0 Å². The topological polar surface area (TPSA) is 21.3 Å². The predicted octanol–water partition coefficient (Wildman–Crippen LogP) is 2.38. The summed E-state index contributed by atoms with van der Waals surface area (Å²) in [6, 6.07) is 7.08.